The molecular weight excluding hydrogens is 233 g/mol. The molecule has 1 atom stereocenters. The number of hydrogen-bond donors (Lipinski definition) is 2. The van der Waals surface area contributed by atoms with Gasteiger partial charge in [0.2, 0.25) is 5.91 Å². The molecule has 1 unspecified atom stereocenters. The zero-order chi connectivity index (χ0) is 13.0. The van der Waals surface area contributed by atoms with Crippen molar-refractivity contribution in [3.63, 3.8) is 0 Å². The molecule has 1 aromatic carbocycles. The number of nitrogens with two attached hydrogens (primary N) is 1. The first-order valence-electron chi connectivity index (χ1n) is 5.11. The van der Waals surface area contributed by atoms with E-state index in [9.17, 15) is 18.0 Å². The molecule has 0 radical (unpaired) electrons. The fourth-order valence-corrected chi connectivity index (χ4v) is 1.27. The Hall–Kier alpha value is -1.56. The number of carbonyl (C=O) groups excluding carboxylic acids is 1. The van der Waals surface area contributed by atoms with Crippen LogP contribution in [-0.2, 0) is 4.79 Å². The van der Waals surface area contributed by atoms with Gasteiger partial charge in [-0.05, 0) is 13.0 Å². The Kier molecular flexibility index (Phi) is 4.51. The van der Waals surface area contributed by atoms with Gasteiger partial charge in [-0.3, -0.25) is 4.79 Å². The summed E-state index contributed by atoms with van der Waals surface area (Å²) in [6, 6.07) is 1.46. The van der Waals surface area contributed by atoms with Crippen molar-refractivity contribution in [1.82, 2.24) is 0 Å². The zero-order valence-electron chi connectivity index (χ0n) is 9.27. The molecular formula is C11H13F3N2O. The first kappa shape index (κ1) is 13.5. The van der Waals surface area contributed by atoms with Crippen LogP contribution in [0.5, 0.6) is 0 Å². The average molecular weight is 246 g/mol. The third-order valence-electron chi connectivity index (χ3n) is 2.30. The van der Waals surface area contributed by atoms with E-state index in [4.69, 9.17) is 5.73 Å². The van der Waals surface area contributed by atoms with Crippen LogP contribution in [-0.4, -0.2) is 12.5 Å². The summed E-state index contributed by atoms with van der Waals surface area (Å²) in [6.07, 6.45) is 0.456. The molecule has 0 aliphatic heterocycles. The van der Waals surface area contributed by atoms with E-state index in [1.54, 1.807) is 6.92 Å². The highest BCUT2D eigenvalue weighted by molar-refractivity contribution is 5.92. The summed E-state index contributed by atoms with van der Waals surface area (Å²) in [5.41, 5.74) is 5.16. The van der Waals surface area contributed by atoms with Gasteiger partial charge in [0.1, 0.15) is 0 Å². The van der Waals surface area contributed by atoms with Crippen LogP contribution in [0.3, 0.4) is 0 Å². The van der Waals surface area contributed by atoms with Crippen LogP contribution in [0.25, 0.3) is 0 Å². The molecule has 0 bridgehead atoms. The predicted octanol–water partition coefficient (Wildman–Crippen LogP) is 2.03. The van der Waals surface area contributed by atoms with E-state index in [0.717, 1.165) is 12.1 Å². The topological polar surface area (TPSA) is 55.1 Å². The summed E-state index contributed by atoms with van der Waals surface area (Å²) < 4.78 is 38.4. The molecule has 3 N–H and O–H groups in total. The Labute approximate surface area is 96.8 Å². The first-order valence-corrected chi connectivity index (χ1v) is 5.11. The van der Waals surface area contributed by atoms with Gasteiger partial charge in [0.15, 0.2) is 17.5 Å². The fourth-order valence-electron chi connectivity index (χ4n) is 1.27. The summed E-state index contributed by atoms with van der Waals surface area (Å²) >= 11 is 0. The van der Waals surface area contributed by atoms with Crippen LogP contribution in [0.4, 0.5) is 18.9 Å². The summed E-state index contributed by atoms with van der Waals surface area (Å²) in [5, 5.41) is 2.29. The van der Waals surface area contributed by atoms with Crippen molar-refractivity contribution in [1.29, 1.82) is 0 Å². The summed E-state index contributed by atoms with van der Waals surface area (Å²) in [5.74, 6) is -5.03. The highest BCUT2D eigenvalue weighted by atomic mass is 19.2. The van der Waals surface area contributed by atoms with Gasteiger partial charge in [-0.1, -0.05) is 6.92 Å². The monoisotopic (exact) mass is 246 g/mol. The van der Waals surface area contributed by atoms with Crippen LogP contribution in [0.15, 0.2) is 12.1 Å². The number of anilines is 1. The first-order chi connectivity index (χ1) is 7.95. The number of carbonyl (C=O) groups is 1. The van der Waals surface area contributed by atoms with Crippen LogP contribution in [0.2, 0.25) is 0 Å². The van der Waals surface area contributed by atoms with Crippen molar-refractivity contribution in [2.45, 2.75) is 13.3 Å². The van der Waals surface area contributed by atoms with E-state index in [2.05, 4.69) is 5.32 Å². The predicted molar refractivity (Wildman–Crippen MR) is 57.8 cm³/mol. The highest BCUT2D eigenvalue weighted by Crippen LogP contribution is 2.18. The average Bonchev–Trinajstić information content (AvgIpc) is 2.26. The fraction of sp³-hybridized carbons (Fsp3) is 0.364. The summed E-state index contributed by atoms with van der Waals surface area (Å²) in [4.78, 5) is 11.5. The lowest BCUT2D eigenvalue weighted by Gasteiger charge is -2.11. The highest BCUT2D eigenvalue weighted by Gasteiger charge is 2.15. The van der Waals surface area contributed by atoms with E-state index in [0.29, 0.717) is 13.0 Å². The van der Waals surface area contributed by atoms with Crippen molar-refractivity contribution in [3.8, 4) is 0 Å². The number of rotatable bonds is 4. The molecule has 6 heteroatoms. The van der Waals surface area contributed by atoms with E-state index in [-0.39, 0.29) is 11.6 Å². The molecule has 0 saturated heterocycles. The number of hydrogen-bond acceptors (Lipinski definition) is 2. The maximum absolute atomic E-state index is 12.9. The van der Waals surface area contributed by atoms with Gasteiger partial charge in [-0.2, -0.15) is 0 Å². The lowest BCUT2D eigenvalue weighted by molar-refractivity contribution is -0.119. The zero-order valence-corrected chi connectivity index (χ0v) is 9.27. The quantitative estimate of drug-likeness (QED) is 0.798. The number of halogens is 3. The van der Waals surface area contributed by atoms with Crippen LogP contribution < -0.4 is 11.1 Å². The van der Waals surface area contributed by atoms with Gasteiger partial charge < -0.3 is 11.1 Å². The Bertz CT molecular complexity index is 400. The van der Waals surface area contributed by atoms with Crippen LogP contribution in [0, 0.1) is 23.4 Å². The van der Waals surface area contributed by atoms with Gasteiger partial charge in [0, 0.05) is 23.7 Å². The summed E-state index contributed by atoms with van der Waals surface area (Å²) in [6.45, 7) is 1.97. The smallest absolute Gasteiger partial charge is 0.227 e. The second-order valence-electron chi connectivity index (χ2n) is 3.72. The molecule has 0 heterocycles. The Morgan fingerprint density at radius 3 is 2.35 bits per heavy atom. The van der Waals surface area contributed by atoms with Crippen molar-refractivity contribution < 1.29 is 18.0 Å². The Morgan fingerprint density at radius 2 is 1.88 bits per heavy atom. The SMILES string of the molecule is CC(CCN)C(=O)Nc1cc(F)c(F)c(F)c1. The second kappa shape index (κ2) is 5.67. The van der Waals surface area contributed by atoms with Gasteiger partial charge in [0.25, 0.3) is 0 Å². The minimum Gasteiger partial charge on any atom is -0.330 e. The molecule has 0 spiro atoms. The molecule has 0 fully saturated rings. The van der Waals surface area contributed by atoms with E-state index in [1.165, 1.54) is 0 Å². The normalized spacial score (nSPS) is 12.3. The Balaban J connectivity index is 2.79. The van der Waals surface area contributed by atoms with Gasteiger partial charge >= 0.3 is 0 Å². The van der Waals surface area contributed by atoms with Crippen molar-refractivity contribution >= 4 is 11.6 Å². The van der Waals surface area contributed by atoms with Crippen molar-refractivity contribution in [2.75, 3.05) is 11.9 Å². The largest absolute Gasteiger partial charge is 0.330 e. The molecule has 1 amide bonds. The standard InChI is InChI=1S/C11H13F3N2O/c1-6(2-3-15)11(17)16-7-4-8(12)10(14)9(13)5-7/h4-6H,2-3,15H2,1H3,(H,16,17). The molecule has 1 rings (SSSR count). The van der Waals surface area contributed by atoms with Gasteiger partial charge in [-0.15, -0.1) is 0 Å². The molecule has 0 aliphatic rings. The molecule has 17 heavy (non-hydrogen) atoms. The summed E-state index contributed by atoms with van der Waals surface area (Å²) in [7, 11) is 0. The minimum atomic E-state index is -1.56. The minimum absolute atomic E-state index is 0.115. The lowest BCUT2D eigenvalue weighted by atomic mass is 10.1. The molecule has 3 nitrogen and oxygen atoms in total. The molecule has 94 valence electrons. The van der Waals surface area contributed by atoms with Gasteiger partial charge in [0.05, 0.1) is 0 Å². The van der Waals surface area contributed by atoms with Crippen LogP contribution in [0.1, 0.15) is 13.3 Å². The van der Waals surface area contributed by atoms with E-state index < -0.39 is 23.4 Å². The molecule has 0 saturated carbocycles. The molecule has 1 aromatic rings. The number of benzene rings is 1. The number of nitrogens with one attached hydrogen (secondary N) is 1. The third kappa shape index (κ3) is 3.45. The van der Waals surface area contributed by atoms with Crippen molar-refractivity contribution in [2.24, 2.45) is 11.7 Å². The molecule has 0 aliphatic carbocycles. The number of amides is 1. The third-order valence-corrected chi connectivity index (χ3v) is 2.30. The lowest BCUT2D eigenvalue weighted by Crippen LogP contribution is -2.22. The maximum atomic E-state index is 12.9. The second-order valence-corrected chi connectivity index (χ2v) is 3.72. The van der Waals surface area contributed by atoms with E-state index in [1.807, 2.05) is 0 Å². The molecule has 0 aromatic heterocycles. The maximum Gasteiger partial charge on any atom is 0.227 e. The van der Waals surface area contributed by atoms with Crippen LogP contribution >= 0.6 is 0 Å². The van der Waals surface area contributed by atoms with E-state index >= 15 is 0 Å². The van der Waals surface area contributed by atoms with Gasteiger partial charge in [-0.25, -0.2) is 13.2 Å². The Morgan fingerprint density at radius 1 is 1.35 bits per heavy atom. The van der Waals surface area contributed by atoms with Crippen molar-refractivity contribution in [3.05, 3.63) is 29.6 Å².